The van der Waals surface area contributed by atoms with Crippen LogP contribution in [0.2, 0.25) is 0 Å². The Balaban J connectivity index is -0.000000120. The molecule has 0 radical (unpaired) electrons. The Labute approximate surface area is 178 Å². The fraction of sp³-hybridized carbons (Fsp3) is 0. The van der Waals surface area contributed by atoms with Crippen molar-refractivity contribution in [2.45, 2.75) is 0 Å². The van der Waals surface area contributed by atoms with Crippen LogP contribution in [0.15, 0.2) is 0 Å². The first-order valence-corrected chi connectivity index (χ1v) is 5.71. The van der Waals surface area contributed by atoms with Gasteiger partial charge in [0.1, 0.15) is 0 Å². The van der Waals surface area contributed by atoms with Crippen molar-refractivity contribution in [3.8, 4) is 29.8 Å². The van der Waals surface area contributed by atoms with E-state index in [1.807, 2.05) is 0 Å². The van der Waals surface area contributed by atoms with Crippen molar-refractivity contribution in [3.63, 3.8) is 0 Å². The van der Waals surface area contributed by atoms with Crippen LogP contribution < -0.4 is 0 Å². The zero-order valence-corrected chi connectivity index (χ0v) is 27.4. The van der Waals surface area contributed by atoms with E-state index in [1.54, 1.807) is 0 Å². The van der Waals surface area contributed by atoms with Crippen LogP contribution in [-0.4, -0.2) is 109 Å². The van der Waals surface area contributed by atoms with E-state index in [4.69, 9.17) is 31.6 Å². The summed E-state index contributed by atoms with van der Waals surface area (Å²) >= 11 is 0. The average Bonchev–Trinajstić information content (AvgIpc) is 2.26. The van der Waals surface area contributed by atoms with Crippen LogP contribution in [-0.2, 0) is 10.7 Å². The molecule has 0 atom stereocenters. The second-order valence-corrected chi connectivity index (χ2v) is 7.42. The molecule has 0 aliphatic heterocycles. The summed E-state index contributed by atoms with van der Waals surface area (Å²) in [6, 6.07) is 0. The van der Waals surface area contributed by atoms with E-state index in [2.05, 4.69) is 0 Å². The summed E-state index contributed by atoms with van der Waals surface area (Å²) in [5.74, 6) is 0. The summed E-state index contributed by atoms with van der Waals surface area (Å²) in [5.41, 5.74) is 0. The SMILES string of the molecule is N#[C][Fe-4]([C]#N)([C]#N)([C]#N)([C]#N)[C]#N.[Tl+].[Tl+].[Tl+].[Tl+]. The van der Waals surface area contributed by atoms with E-state index in [9.17, 15) is 0 Å². The third-order valence-electron chi connectivity index (χ3n) is 1.19. The van der Waals surface area contributed by atoms with Gasteiger partial charge < -0.3 is 0 Å². The fourth-order valence-corrected chi connectivity index (χ4v) is 1.09. The van der Waals surface area contributed by atoms with E-state index in [-0.39, 0.29) is 109 Å². The van der Waals surface area contributed by atoms with Crippen molar-refractivity contribution in [2.24, 2.45) is 0 Å². The number of nitrogens with zero attached hydrogens (tertiary/aromatic N) is 6. The molecule has 0 saturated carbocycles. The van der Waals surface area contributed by atoms with Gasteiger partial charge >= 0.3 is 181 Å². The second-order valence-electron chi connectivity index (χ2n) is 1.80. The summed E-state index contributed by atoms with van der Waals surface area (Å²) in [5, 5.41) is 51.5. The molecule has 0 amide bonds. The Morgan fingerprint density at radius 1 is 0.412 bits per heavy atom. The molecular weight excluding hydrogens is 1030 g/mol. The smallest absolute Gasteiger partial charge is 1.00 e. The van der Waals surface area contributed by atoms with Gasteiger partial charge in [0.15, 0.2) is 0 Å². The summed E-state index contributed by atoms with van der Waals surface area (Å²) in [4.78, 5) is 6.19. The van der Waals surface area contributed by atoms with E-state index in [1.165, 1.54) is 0 Å². The minimum Gasteiger partial charge on any atom is 1.00 e. The molecule has 0 unspecified atom stereocenters. The minimum atomic E-state index is -6.17. The predicted octanol–water partition coefficient (Wildman–Crippen LogP) is -1.43. The normalized spacial score (nSPS) is 10.2. The van der Waals surface area contributed by atoms with Crippen molar-refractivity contribution < 1.29 is 10.7 Å². The fourth-order valence-electron chi connectivity index (χ4n) is 0.265. The van der Waals surface area contributed by atoms with Gasteiger partial charge in [0.25, 0.3) is 0 Å². The van der Waals surface area contributed by atoms with E-state index in [0.717, 1.165) is 29.8 Å². The Morgan fingerprint density at radius 2 is 0.529 bits per heavy atom. The van der Waals surface area contributed by atoms with Gasteiger partial charge in [-0.3, -0.25) is 0 Å². The van der Waals surface area contributed by atoms with Crippen molar-refractivity contribution in [1.29, 1.82) is 31.6 Å². The van der Waals surface area contributed by atoms with Crippen LogP contribution in [0.1, 0.15) is 0 Å². The zero-order chi connectivity index (χ0) is 10.7. The van der Waals surface area contributed by atoms with Crippen LogP contribution in [0.4, 0.5) is 0 Å². The third-order valence-corrected chi connectivity index (χ3v) is 4.89. The second kappa shape index (κ2) is 9.12. The minimum absolute atomic E-state index is 0. The quantitative estimate of drug-likeness (QED) is 0.273. The van der Waals surface area contributed by atoms with Crippen LogP contribution in [0.25, 0.3) is 0 Å². The van der Waals surface area contributed by atoms with Gasteiger partial charge in [0.2, 0.25) is 0 Å². The van der Waals surface area contributed by atoms with Gasteiger partial charge in [0.05, 0.1) is 0 Å². The summed E-state index contributed by atoms with van der Waals surface area (Å²) in [6.45, 7) is 0. The van der Waals surface area contributed by atoms with Gasteiger partial charge in [-0.05, 0) is 0 Å². The molecule has 0 heterocycles. The van der Waals surface area contributed by atoms with Gasteiger partial charge in [-0.15, -0.1) is 0 Å². The largest absolute Gasteiger partial charge is 1.00 e. The van der Waals surface area contributed by atoms with Crippen LogP contribution in [0.5, 0.6) is 0 Å². The average molecular weight is 1030 g/mol. The summed E-state index contributed by atoms with van der Waals surface area (Å²) < 4.78 is 0. The van der Waals surface area contributed by atoms with Crippen molar-refractivity contribution in [3.05, 3.63) is 0 Å². The molecule has 17 heavy (non-hydrogen) atoms. The number of hydrogen-bond donors (Lipinski definition) is 0. The Hall–Kier alpha value is 1.15. The molecule has 6 nitrogen and oxygen atoms in total. The molecule has 0 aliphatic carbocycles. The van der Waals surface area contributed by atoms with Crippen molar-refractivity contribution in [1.82, 2.24) is 0 Å². The maximum absolute atomic E-state index is 8.58. The molecule has 0 aromatic rings. The Kier molecular flexibility index (Phi) is 16.6. The molecule has 0 rings (SSSR count). The zero-order valence-electron chi connectivity index (χ0n) is 8.35. The molecule has 0 bridgehead atoms. The molecule has 0 aromatic heterocycles. The van der Waals surface area contributed by atoms with Crippen LogP contribution in [0.3, 0.4) is 0 Å². The molecule has 74 valence electrons. The van der Waals surface area contributed by atoms with E-state index in [0.29, 0.717) is 0 Å². The monoisotopic (exact) mass is 1030 g/mol. The van der Waals surface area contributed by atoms with Crippen molar-refractivity contribution >= 4 is 109 Å². The maximum Gasteiger partial charge on any atom is 1.00 e. The molecule has 0 N–H and O–H groups in total. The number of rotatable bonds is 0. The first-order chi connectivity index (χ1) is 5.97. The maximum atomic E-state index is 8.58. The number of hydrogen-bond acceptors (Lipinski definition) is 6. The van der Waals surface area contributed by atoms with Crippen molar-refractivity contribution in [2.75, 3.05) is 0 Å². The van der Waals surface area contributed by atoms with Gasteiger partial charge in [-0.1, -0.05) is 0 Å². The van der Waals surface area contributed by atoms with Gasteiger partial charge in [-0.2, -0.15) is 0 Å². The molecule has 0 saturated heterocycles. The first kappa shape index (κ1) is 30.9. The molecular formula is C6FeN6Tl4. The Morgan fingerprint density at radius 3 is 0.529 bits per heavy atom. The first-order valence-electron chi connectivity index (χ1n) is 2.40. The summed E-state index contributed by atoms with van der Waals surface area (Å²) in [7, 11) is -6.17. The summed E-state index contributed by atoms with van der Waals surface area (Å²) in [6.07, 6.45) is 0. The molecule has 0 aromatic carbocycles. The van der Waals surface area contributed by atoms with E-state index < -0.39 is 10.7 Å². The van der Waals surface area contributed by atoms with E-state index >= 15 is 0 Å². The molecule has 11 heteroatoms. The van der Waals surface area contributed by atoms with Crippen LogP contribution >= 0.6 is 0 Å². The molecule has 0 fully saturated rings. The third kappa shape index (κ3) is 4.06. The van der Waals surface area contributed by atoms with Crippen LogP contribution in [0, 0.1) is 61.4 Å². The molecule has 0 aliphatic rings. The Bertz CT molecular complexity index is 400. The van der Waals surface area contributed by atoms with Gasteiger partial charge in [-0.25, -0.2) is 0 Å². The molecule has 0 spiro atoms. The standard InChI is InChI=1S/6CN.Fe.4Tl/c6*1-2;;;;;/q;;;;;;-4;4*+1. The predicted molar refractivity (Wildman–Crippen MR) is 56.7 cm³/mol. The van der Waals surface area contributed by atoms with Gasteiger partial charge in [0, 0.05) is 0 Å². The topological polar surface area (TPSA) is 143 Å². The number of nitriles is 6.